The molecule has 0 amide bonds. The van der Waals surface area contributed by atoms with E-state index in [0.717, 1.165) is 0 Å². The Labute approximate surface area is 63.2 Å². The zero-order valence-corrected chi connectivity index (χ0v) is 5.78. The van der Waals surface area contributed by atoms with Gasteiger partial charge in [-0.2, -0.15) is 0 Å². The maximum absolute atomic E-state index is 9.25. The average molecular weight is 159 g/mol. The van der Waals surface area contributed by atoms with E-state index < -0.39 is 12.4 Å². The smallest absolute Gasteiger partial charge is 0.204 e. The Bertz CT molecular complexity index is 203. The van der Waals surface area contributed by atoms with Crippen molar-refractivity contribution in [2.45, 2.75) is 12.4 Å². The lowest BCUT2D eigenvalue weighted by atomic mass is 10.2. The number of hydrogen-bond donors (Lipinski definition) is 3. The highest BCUT2D eigenvalue weighted by Crippen LogP contribution is 2.22. The van der Waals surface area contributed by atoms with E-state index in [9.17, 15) is 5.11 Å². The van der Waals surface area contributed by atoms with E-state index in [2.05, 4.69) is 5.32 Å². The SMILES string of the molecule is OC1=C2NCOC2OCC1O. The Balaban J connectivity index is 2.28. The third-order valence-electron chi connectivity index (χ3n) is 1.73. The second kappa shape index (κ2) is 2.37. The molecular formula is C6H9NO4. The van der Waals surface area contributed by atoms with Crippen LogP contribution < -0.4 is 5.32 Å². The minimum absolute atomic E-state index is 0.0706. The molecule has 0 aromatic rings. The molecule has 2 atom stereocenters. The van der Waals surface area contributed by atoms with E-state index in [-0.39, 0.29) is 12.4 Å². The standard InChI is InChI=1S/C6H9NO4/c8-3-1-10-6-4(5(3)9)7-2-11-6/h3,6-9H,1-2H2. The second-order valence-electron chi connectivity index (χ2n) is 2.47. The summed E-state index contributed by atoms with van der Waals surface area (Å²) in [7, 11) is 0. The number of aliphatic hydroxyl groups is 2. The number of rotatable bonds is 0. The van der Waals surface area contributed by atoms with Crippen LogP contribution in [0.25, 0.3) is 0 Å². The van der Waals surface area contributed by atoms with Gasteiger partial charge < -0.3 is 25.0 Å². The van der Waals surface area contributed by atoms with Crippen molar-refractivity contribution in [2.75, 3.05) is 13.3 Å². The summed E-state index contributed by atoms with van der Waals surface area (Å²) in [4.78, 5) is 0. The molecule has 0 spiro atoms. The number of fused-ring (bicyclic) bond motifs is 1. The van der Waals surface area contributed by atoms with Gasteiger partial charge in [0.05, 0.1) is 6.61 Å². The average Bonchev–Trinajstić information content (AvgIpc) is 2.45. The van der Waals surface area contributed by atoms with Crippen LogP contribution in [0.1, 0.15) is 0 Å². The lowest BCUT2D eigenvalue weighted by Crippen LogP contribution is -2.33. The first-order chi connectivity index (χ1) is 5.29. The van der Waals surface area contributed by atoms with Gasteiger partial charge in [-0.25, -0.2) is 0 Å². The maximum Gasteiger partial charge on any atom is 0.204 e. The zero-order valence-electron chi connectivity index (χ0n) is 5.78. The van der Waals surface area contributed by atoms with Gasteiger partial charge in [0.25, 0.3) is 0 Å². The molecule has 62 valence electrons. The highest BCUT2D eigenvalue weighted by Gasteiger charge is 2.33. The number of ether oxygens (including phenoxy) is 2. The highest BCUT2D eigenvalue weighted by molar-refractivity contribution is 5.16. The van der Waals surface area contributed by atoms with Crippen molar-refractivity contribution in [3.63, 3.8) is 0 Å². The van der Waals surface area contributed by atoms with Crippen molar-refractivity contribution in [2.24, 2.45) is 0 Å². The number of aliphatic hydroxyl groups excluding tert-OH is 2. The molecule has 2 heterocycles. The first-order valence-corrected chi connectivity index (χ1v) is 3.37. The molecule has 3 N–H and O–H groups in total. The molecule has 2 rings (SSSR count). The molecule has 1 saturated heterocycles. The molecule has 0 aromatic carbocycles. The van der Waals surface area contributed by atoms with Crippen LogP contribution in [0.2, 0.25) is 0 Å². The molecule has 2 aliphatic heterocycles. The topological polar surface area (TPSA) is 71.0 Å². The van der Waals surface area contributed by atoms with Gasteiger partial charge in [-0.05, 0) is 0 Å². The van der Waals surface area contributed by atoms with Crippen LogP contribution in [0, 0.1) is 0 Å². The Morgan fingerprint density at radius 3 is 3.09 bits per heavy atom. The fraction of sp³-hybridized carbons (Fsp3) is 0.667. The van der Waals surface area contributed by atoms with E-state index in [1.165, 1.54) is 0 Å². The molecule has 5 nitrogen and oxygen atoms in total. The second-order valence-corrected chi connectivity index (χ2v) is 2.47. The predicted molar refractivity (Wildman–Crippen MR) is 34.5 cm³/mol. The summed E-state index contributed by atoms with van der Waals surface area (Å²) in [5, 5.41) is 21.1. The van der Waals surface area contributed by atoms with Crippen LogP contribution in [-0.4, -0.2) is 35.9 Å². The minimum atomic E-state index is -0.921. The van der Waals surface area contributed by atoms with Gasteiger partial charge in [-0.1, -0.05) is 0 Å². The molecule has 11 heavy (non-hydrogen) atoms. The summed E-state index contributed by atoms with van der Waals surface area (Å²) >= 11 is 0. The van der Waals surface area contributed by atoms with Gasteiger partial charge in [0.15, 0.2) is 0 Å². The van der Waals surface area contributed by atoms with Crippen molar-refractivity contribution in [3.05, 3.63) is 11.5 Å². The van der Waals surface area contributed by atoms with E-state index in [0.29, 0.717) is 12.4 Å². The van der Waals surface area contributed by atoms with Crippen molar-refractivity contribution in [3.8, 4) is 0 Å². The Morgan fingerprint density at radius 2 is 2.27 bits per heavy atom. The van der Waals surface area contributed by atoms with Crippen LogP contribution >= 0.6 is 0 Å². The van der Waals surface area contributed by atoms with Crippen LogP contribution in [0.5, 0.6) is 0 Å². The van der Waals surface area contributed by atoms with E-state index in [1.807, 2.05) is 0 Å². The Hall–Kier alpha value is -0.780. The predicted octanol–water partition coefficient (Wildman–Crippen LogP) is -0.950. The quantitative estimate of drug-likeness (QED) is 0.425. The first kappa shape index (κ1) is 6.90. The van der Waals surface area contributed by atoms with Crippen molar-refractivity contribution < 1.29 is 19.7 Å². The number of nitrogens with one attached hydrogen (secondary N) is 1. The van der Waals surface area contributed by atoms with Gasteiger partial charge >= 0.3 is 0 Å². The fourth-order valence-corrected chi connectivity index (χ4v) is 1.14. The molecule has 0 bridgehead atoms. The van der Waals surface area contributed by atoms with Gasteiger partial charge in [-0.15, -0.1) is 0 Å². The van der Waals surface area contributed by atoms with Gasteiger partial charge in [0.1, 0.15) is 24.3 Å². The molecule has 5 heteroatoms. The van der Waals surface area contributed by atoms with Crippen LogP contribution in [0.3, 0.4) is 0 Å². The van der Waals surface area contributed by atoms with Crippen molar-refractivity contribution in [1.29, 1.82) is 0 Å². The third kappa shape index (κ3) is 0.973. The third-order valence-corrected chi connectivity index (χ3v) is 1.73. The van der Waals surface area contributed by atoms with E-state index in [4.69, 9.17) is 14.6 Å². The summed E-state index contributed by atoms with van der Waals surface area (Å²) in [6.45, 7) is 0.401. The van der Waals surface area contributed by atoms with E-state index >= 15 is 0 Å². The molecule has 0 aliphatic carbocycles. The molecular weight excluding hydrogens is 150 g/mol. The van der Waals surface area contributed by atoms with E-state index in [1.54, 1.807) is 0 Å². The molecule has 2 aliphatic rings. The summed E-state index contributed by atoms with van der Waals surface area (Å²) in [6, 6.07) is 0. The van der Waals surface area contributed by atoms with Crippen LogP contribution in [0.4, 0.5) is 0 Å². The number of hydrogen-bond acceptors (Lipinski definition) is 5. The summed E-state index contributed by atoms with van der Waals surface area (Å²) < 4.78 is 10.0. The van der Waals surface area contributed by atoms with Gasteiger partial charge in [0.2, 0.25) is 6.29 Å². The normalized spacial score (nSPS) is 36.8. The van der Waals surface area contributed by atoms with Gasteiger partial charge in [0, 0.05) is 0 Å². The first-order valence-electron chi connectivity index (χ1n) is 3.37. The Kier molecular flexibility index (Phi) is 1.49. The molecule has 1 fully saturated rings. The zero-order chi connectivity index (χ0) is 7.84. The fourth-order valence-electron chi connectivity index (χ4n) is 1.14. The maximum atomic E-state index is 9.25. The van der Waals surface area contributed by atoms with Crippen molar-refractivity contribution >= 4 is 0 Å². The summed E-state index contributed by atoms with van der Waals surface area (Å²) in [5.41, 5.74) is 0.448. The highest BCUT2D eigenvalue weighted by atomic mass is 16.7. The van der Waals surface area contributed by atoms with Crippen LogP contribution in [-0.2, 0) is 9.47 Å². The molecule has 0 radical (unpaired) electrons. The minimum Gasteiger partial charge on any atom is -0.507 e. The molecule has 2 unspecified atom stereocenters. The Morgan fingerprint density at radius 1 is 1.45 bits per heavy atom. The molecule has 0 aromatic heterocycles. The lowest BCUT2D eigenvalue weighted by molar-refractivity contribution is -0.126. The molecule has 0 saturated carbocycles. The summed E-state index contributed by atoms with van der Waals surface area (Å²) in [6.07, 6.45) is -1.44. The largest absolute Gasteiger partial charge is 0.507 e. The van der Waals surface area contributed by atoms with Crippen molar-refractivity contribution in [1.82, 2.24) is 5.32 Å². The van der Waals surface area contributed by atoms with Crippen LogP contribution in [0.15, 0.2) is 11.5 Å². The summed E-state index contributed by atoms with van der Waals surface area (Å²) in [5.74, 6) is -0.0706. The monoisotopic (exact) mass is 159 g/mol. The lowest BCUT2D eigenvalue weighted by Gasteiger charge is -2.22. The van der Waals surface area contributed by atoms with Gasteiger partial charge in [-0.3, -0.25) is 0 Å².